The van der Waals surface area contributed by atoms with Crippen molar-refractivity contribution in [1.29, 1.82) is 0 Å². The molecule has 0 N–H and O–H groups in total. The quantitative estimate of drug-likeness (QED) is 0.187. The van der Waals surface area contributed by atoms with E-state index in [4.69, 9.17) is 15.0 Å². The summed E-state index contributed by atoms with van der Waals surface area (Å²) in [5, 5.41) is 7.24. The van der Waals surface area contributed by atoms with E-state index in [0.29, 0.717) is 17.7 Å². The van der Waals surface area contributed by atoms with Crippen molar-refractivity contribution >= 4 is 75.1 Å². The smallest absolute Gasteiger partial charge is 0.240 e. The van der Waals surface area contributed by atoms with Crippen molar-refractivity contribution in [3.8, 4) is 34.4 Å². The molecule has 0 amide bonds. The van der Waals surface area contributed by atoms with E-state index in [9.17, 15) is 0 Å². The van der Waals surface area contributed by atoms with Crippen LogP contribution in [0.1, 0.15) is 0 Å². The first-order chi connectivity index (χ1) is 25.3. The van der Waals surface area contributed by atoms with Crippen molar-refractivity contribution in [3.63, 3.8) is 0 Å². The molecule has 0 atom stereocenters. The molecule has 0 bridgehead atoms. The van der Waals surface area contributed by atoms with Gasteiger partial charge in [-0.25, -0.2) is 0 Å². The summed E-state index contributed by atoms with van der Waals surface area (Å²) in [6.07, 6.45) is 0. The fourth-order valence-electron chi connectivity index (χ4n) is 7.68. The van der Waals surface area contributed by atoms with E-state index in [2.05, 4.69) is 173 Å². The molecular weight excluding hydrogens is 643 g/mol. The second-order valence-corrected chi connectivity index (χ2v) is 14.0. The van der Waals surface area contributed by atoms with Crippen LogP contribution >= 0.6 is 11.3 Å². The molecule has 4 aromatic heterocycles. The predicted molar refractivity (Wildman–Crippen MR) is 212 cm³/mol. The van der Waals surface area contributed by atoms with Crippen molar-refractivity contribution < 1.29 is 0 Å². The summed E-state index contributed by atoms with van der Waals surface area (Å²) in [5.41, 5.74) is 7.46. The summed E-state index contributed by atoms with van der Waals surface area (Å²) < 4.78 is 6.95. The molecule has 0 aliphatic rings. The van der Waals surface area contributed by atoms with Gasteiger partial charge in [0.05, 0.1) is 22.1 Å². The Balaban J connectivity index is 1.13. The van der Waals surface area contributed by atoms with Gasteiger partial charge in [-0.2, -0.15) is 15.0 Å². The zero-order valence-corrected chi connectivity index (χ0v) is 28.0. The maximum atomic E-state index is 5.26. The molecule has 0 radical (unpaired) electrons. The average Bonchev–Trinajstić information content (AvgIpc) is 3.85. The zero-order chi connectivity index (χ0) is 33.5. The predicted octanol–water partition coefficient (Wildman–Crippen LogP) is 11.8. The number of aromatic nitrogens is 5. The molecule has 7 aromatic carbocycles. The molecule has 0 saturated heterocycles. The standard InChI is InChI=1S/C45H27N5S/c1-6-16-37-31(11-1)32-12-2-7-17-38(32)49(37)44-46-43(47-45(48-44)50-39-18-8-3-13-33(39)34-14-4-9-19-40(34)50)29-23-21-28(22-24-29)30-25-26-42-36(27-30)35-15-5-10-20-41(35)51-42/h1-27H. The third-order valence-corrected chi connectivity index (χ3v) is 11.2. The first-order valence-electron chi connectivity index (χ1n) is 17.0. The molecule has 0 spiro atoms. The fraction of sp³-hybridized carbons (Fsp3) is 0. The lowest BCUT2D eigenvalue weighted by Crippen LogP contribution is -2.10. The van der Waals surface area contributed by atoms with Crippen LogP contribution in [0.25, 0.3) is 98.2 Å². The third-order valence-electron chi connectivity index (χ3n) is 10.0. The lowest BCUT2D eigenvalue weighted by atomic mass is 10.0. The number of hydrogen-bond donors (Lipinski definition) is 0. The van der Waals surface area contributed by atoms with Crippen molar-refractivity contribution in [1.82, 2.24) is 24.1 Å². The number of fused-ring (bicyclic) bond motifs is 9. The van der Waals surface area contributed by atoms with Crippen molar-refractivity contribution in [2.24, 2.45) is 0 Å². The Bertz CT molecular complexity index is 2910. The minimum absolute atomic E-state index is 0.577. The van der Waals surface area contributed by atoms with E-state index in [1.165, 1.54) is 25.7 Å². The fourth-order valence-corrected chi connectivity index (χ4v) is 8.76. The maximum absolute atomic E-state index is 5.26. The van der Waals surface area contributed by atoms with Crippen molar-refractivity contribution in [2.45, 2.75) is 0 Å². The van der Waals surface area contributed by atoms with Gasteiger partial charge in [0, 0.05) is 47.3 Å². The summed E-state index contributed by atoms with van der Waals surface area (Å²) in [7, 11) is 0. The Morgan fingerprint density at radius 2 is 0.745 bits per heavy atom. The van der Waals surface area contributed by atoms with E-state index >= 15 is 0 Å². The summed E-state index contributed by atoms with van der Waals surface area (Å²) in [6.45, 7) is 0. The molecule has 11 rings (SSSR count). The van der Waals surface area contributed by atoms with Crippen molar-refractivity contribution in [3.05, 3.63) is 164 Å². The molecule has 0 unspecified atom stereocenters. The highest BCUT2D eigenvalue weighted by Crippen LogP contribution is 2.38. The van der Waals surface area contributed by atoms with Gasteiger partial charge in [-0.15, -0.1) is 11.3 Å². The van der Waals surface area contributed by atoms with Crippen LogP contribution in [0.3, 0.4) is 0 Å². The van der Waals surface area contributed by atoms with Gasteiger partial charge in [0.1, 0.15) is 0 Å². The second kappa shape index (κ2) is 10.9. The van der Waals surface area contributed by atoms with Gasteiger partial charge in [-0.05, 0) is 53.6 Å². The largest absolute Gasteiger partial charge is 0.278 e. The lowest BCUT2D eigenvalue weighted by molar-refractivity contribution is 0.893. The topological polar surface area (TPSA) is 48.5 Å². The summed E-state index contributed by atoms with van der Waals surface area (Å²) >= 11 is 1.84. The van der Waals surface area contributed by atoms with E-state index in [-0.39, 0.29) is 0 Å². The number of para-hydroxylation sites is 4. The Labute approximate surface area is 296 Å². The number of thiophene rings is 1. The first-order valence-corrected chi connectivity index (χ1v) is 17.9. The van der Waals surface area contributed by atoms with Crippen molar-refractivity contribution in [2.75, 3.05) is 0 Å². The maximum Gasteiger partial charge on any atom is 0.240 e. The van der Waals surface area contributed by atoms with Crippen LogP contribution in [0.15, 0.2) is 164 Å². The van der Waals surface area contributed by atoms with Gasteiger partial charge in [0.2, 0.25) is 11.9 Å². The Morgan fingerprint density at radius 3 is 1.27 bits per heavy atom. The zero-order valence-electron chi connectivity index (χ0n) is 27.2. The summed E-state index contributed by atoms with van der Waals surface area (Å²) in [6, 6.07) is 57.9. The van der Waals surface area contributed by atoms with Crippen LogP contribution in [0.5, 0.6) is 0 Å². The summed E-state index contributed by atoms with van der Waals surface area (Å²) in [4.78, 5) is 15.7. The molecule has 11 aromatic rings. The van der Waals surface area contributed by atoms with E-state index < -0.39 is 0 Å². The average molecular weight is 670 g/mol. The van der Waals surface area contributed by atoms with Gasteiger partial charge >= 0.3 is 0 Å². The lowest BCUT2D eigenvalue weighted by Gasteiger charge is -2.13. The van der Waals surface area contributed by atoms with E-state index in [1.807, 2.05) is 11.3 Å². The Hall–Kier alpha value is -6.63. The number of hydrogen-bond acceptors (Lipinski definition) is 4. The highest BCUT2D eigenvalue weighted by Gasteiger charge is 2.20. The molecule has 51 heavy (non-hydrogen) atoms. The highest BCUT2D eigenvalue weighted by molar-refractivity contribution is 7.25. The third kappa shape index (κ3) is 4.30. The molecule has 4 heterocycles. The highest BCUT2D eigenvalue weighted by atomic mass is 32.1. The first kappa shape index (κ1) is 28.2. The van der Waals surface area contributed by atoms with Gasteiger partial charge in [-0.3, -0.25) is 9.13 Å². The molecule has 6 heteroatoms. The number of nitrogens with zero attached hydrogens (tertiary/aromatic N) is 5. The molecular formula is C45H27N5S. The Kier molecular flexibility index (Phi) is 6.05. The van der Waals surface area contributed by atoms with Crippen LogP contribution in [0.2, 0.25) is 0 Å². The SMILES string of the molecule is c1ccc2c(c1)sc1ccc(-c3ccc(-c4nc(-n5c6ccccc6c6ccccc65)nc(-n5c6ccccc6c6ccccc65)n4)cc3)cc12. The van der Waals surface area contributed by atoms with Crippen LogP contribution in [-0.2, 0) is 0 Å². The molecule has 238 valence electrons. The van der Waals surface area contributed by atoms with Gasteiger partial charge in [0.25, 0.3) is 0 Å². The summed E-state index contributed by atoms with van der Waals surface area (Å²) in [5.74, 6) is 1.77. The number of benzene rings is 7. The minimum Gasteiger partial charge on any atom is -0.278 e. The molecule has 0 aliphatic carbocycles. The number of rotatable bonds is 4. The minimum atomic E-state index is 0.577. The Morgan fingerprint density at radius 1 is 0.333 bits per heavy atom. The van der Waals surface area contributed by atoms with Gasteiger partial charge in [0.15, 0.2) is 5.82 Å². The van der Waals surface area contributed by atoms with Crippen LogP contribution in [0, 0.1) is 0 Å². The van der Waals surface area contributed by atoms with E-state index in [1.54, 1.807) is 0 Å². The molecule has 0 saturated carbocycles. The monoisotopic (exact) mass is 669 g/mol. The van der Waals surface area contributed by atoms with Crippen LogP contribution < -0.4 is 0 Å². The van der Waals surface area contributed by atoms with Gasteiger partial charge < -0.3 is 0 Å². The van der Waals surface area contributed by atoms with Gasteiger partial charge in [-0.1, -0.05) is 121 Å². The normalized spacial score (nSPS) is 11.9. The van der Waals surface area contributed by atoms with Crippen LogP contribution in [0.4, 0.5) is 0 Å². The van der Waals surface area contributed by atoms with E-state index in [0.717, 1.165) is 54.7 Å². The molecule has 5 nitrogen and oxygen atoms in total. The molecule has 0 aliphatic heterocycles. The van der Waals surface area contributed by atoms with Crippen LogP contribution in [-0.4, -0.2) is 24.1 Å². The molecule has 0 fully saturated rings. The second-order valence-electron chi connectivity index (χ2n) is 12.9.